The molecule has 8 heterocycles. The Labute approximate surface area is 447 Å². The summed E-state index contributed by atoms with van der Waals surface area (Å²) in [6, 6.07) is 75.4. The van der Waals surface area contributed by atoms with Crippen molar-refractivity contribution in [3.05, 3.63) is 243 Å². The first-order valence-electron chi connectivity index (χ1n) is 24.7. The Morgan fingerprint density at radius 1 is 0.250 bits per heavy atom. The van der Waals surface area contributed by atoms with E-state index in [0.717, 1.165) is 56.4 Å². The maximum Gasteiger partial charge on any atom is 0.179 e. The average molecular weight is 1010 g/mol. The molecule has 0 N–H and O–H groups in total. The van der Waals surface area contributed by atoms with Gasteiger partial charge in [0.05, 0.1) is 56.9 Å². The first kappa shape index (κ1) is 45.0. The second kappa shape index (κ2) is 19.3. The van der Waals surface area contributed by atoms with Crippen molar-refractivity contribution in [1.29, 1.82) is 0 Å². The van der Waals surface area contributed by atoms with Crippen LogP contribution in [0, 0.1) is 0 Å². The van der Waals surface area contributed by atoms with Crippen LogP contribution in [0.15, 0.2) is 263 Å². The number of para-hydroxylation sites is 4. The van der Waals surface area contributed by atoms with E-state index in [2.05, 4.69) is 143 Å². The molecule has 6 aromatic carbocycles. The minimum Gasteiger partial charge on any atom is -0.308 e. The summed E-state index contributed by atoms with van der Waals surface area (Å²) >= 11 is 3.59. The number of benzene rings is 6. The minimum atomic E-state index is 0.479. The molecule has 0 saturated heterocycles. The molecule has 0 spiro atoms. The van der Waals surface area contributed by atoms with Crippen molar-refractivity contribution in [2.45, 2.75) is 19.6 Å². The van der Waals surface area contributed by atoms with Gasteiger partial charge in [-0.3, -0.25) is 19.9 Å². The van der Waals surface area contributed by atoms with Crippen molar-refractivity contribution in [3.63, 3.8) is 0 Å². The van der Waals surface area contributed by atoms with Gasteiger partial charge in [0, 0.05) is 66.9 Å². The van der Waals surface area contributed by atoms with E-state index in [1.54, 1.807) is 48.3 Å². The van der Waals surface area contributed by atoms with Gasteiger partial charge in [-0.1, -0.05) is 96.3 Å². The molecule has 10 nitrogen and oxygen atoms in total. The van der Waals surface area contributed by atoms with Crippen LogP contribution in [0.5, 0.6) is 0 Å². The lowest BCUT2D eigenvalue weighted by molar-refractivity contribution is 1.13. The fourth-order valence-corrected chi connectivity index (χ4v) is 11.9. The molecule has 6 aromatic heterocycles. The maximum atomic E-state index is 5.31. The van der Waals surface area contributed by atoms with Crippen LogP contribution in [0.4, 0.5) is 34.1 Å². The van der Waals surface area contributed by atoms with Gasteiger partial charge < -0.3 is 9.80 Å². The second-order valence-electron chi connectivity index (χ2n) is 18.1. The number of aromatic nitrogens is 8. The van der Waals surface area contributed by atoms with Crippen LogP contribution in [0.2, 0.25) is 0 Å². The molecule has 0 amide bonds. The Morgan fingerprint density at radius 3 is 0.934 bits per heavy atom. The normalized spacial score (nSPS) is 12.3. The third-order valence-corrected chi connectivity index (χ3v) is 15.5. The molecular weight excluding hydrogens is 973 g/mol. The van der Waals surface area contributed by atoms with Crippen molar-refractivity contribution in [1.82, 2.24) is 39.9 Å². The molecule has 0 radical (unpaired) electrons. The first-order chi connectivity index (χ1) is 37.6. The van der Waals surface area contributed by atoms with E-state index in [0.29, 0.717) is 57.2 Å². The van der Waals surface area contributed by atoms with E-state index >= 15 is 0 Å². The third kappa shape index (κ3) is 8.50. The summed E-state index contributed by atoms with van der Waals surface area (Å²) in [5, 5.41) is 0. The number of fused-ring (bicyclic) bond motifs is 4. The van der Waals surface area contributed by atoms with E-state index in [1.807, 2.05) is 84.9 Å². The predicted molar refractivity (Wildman–Crippen MR) is 304 cm³/mol. The molecule has 0 fully saturated rings. The fraction of sp³-hybridized carbons (Fsp3) is 0. The topological polar surface area (TPSA) is 110 Å². The van der Waals surface area contributed by atoms with Gasteiger partial charge in [-0.2, -0.15) is 0 Å². The Morgan fingerprint density at radius 2 is 0.566 bits per heavy atom. The van der Waals surface area contributed by atoms with E-state index in [1.165, 1.54) is 19.6 Å². The van der Waals surface area contributed by atoms with Crippen LogP contribution in [0.25, 0.3) is 79.5 Å². The van der Waals surface area contributed by atoms with Gasteiger partial charge in [0.1, 0.15) is 11.4 Å². The highest BCUT2D eigenvalue weighted by Gasteiger charge is 2.29. The molecule has 14 rings (SSSR count). The zero-order chi connectivity index (χ0) is 50.4. The van der Waals surface area contributed by atoms with E-state index in [-0.39, 0.29) is 0 Å². The summed E-state index contributed by atoms with van der Waals surface area (Å²) < 4.78 is 0. The monoisotopic (exact) mass is 1010 g/mol. The largest absolute Gasteiger partial charge is 0.308 e. The van der Waals surface area contributed by atoms with Gasteiger partial charge in [-0.25, -0.2) is 19.9 Å². The maximum absolute atomic E-state index is 5.31. The SMILES string of the molecule is c1ccc(-c2cc(-c3cc(-c4cc(N5c6ccccc6Sc6ccccc65)cc(N5c6ccccc6Sc6ccccc65)c4)cc(-c4cc(-c5ccccn5)nc(-c5ccccn5)n4)c3)nc(-c3ccccn3)n2)nc1. The Kier molecular flexibility index (Phi) is 11.5. The molecule has 76 heavy (non-hydrogen) atoms. The minimum absolute atomic E-state index is 0.479. The van der Waals surface area contributed by atoms with Gasteiger partial charge in [0.25, 0.3) is 0 Å². The zero-order valence-corrected chi connectivity index (χ0v) is 42.0. The van der Waals surface area contributed by atoms with Crippen molar-refractivity contribution in [3.8, 4) is 79.5 Å². The lowest BCUT2D eigenvalue weighted by atomic mass is 9.95. The van der Waals surface area contributed by atoms with E-state index in [4.69, 9.17) is 39.9 Å². The average Bonchev–Trinajstić information content (AvgIpc) is 3.56. The van der Waals surface area contributed by atoms with Gasteiger partial charge in [0.15, 0.2) is 11.6 Å². The van der Waals surface area contributed by atoms with Gasteiger partial charge in [-0.15, -0.1) is 0 Å². The highest BCUT2D eigenvalue weighted by Crippen LogP contribution is 2.55. The van der Waals surface area contributed by atoms with Crippen molar-refractivity contribution < 1.29 is 0 Å². The molecule has 12 aromatic rings. The highest BCUT2D eigenvalue weighted by molar-refractivity contribution is 8.00. The van der Waals surface area contributed by atoms with Crippen LogP contribution in [0.1, 0.15) is 0 Å². The smallest absolute Gasteiger partial charge is 0.179 e. The fourth-order valence-electron chi connectivity index (χ4n) is 9.78. The zero-order valence-electron chi connectivity index (χ0n) is 40.4. The molecule has 0 unspecified atom stereocenters. The highest BCUT2D eigenvalue weighted by atomic mass is 32.2. The van der Waals surface area contributed by atoms with Crippen LogP contribution < -0.4 is 9.80 Å². The van der Waals surface area contributed by atoms with Crippen molar-refractivity contribution >= 4 is 57.6 Å². The van der Waals surface area contributed by atoms with Crippen LogP contribution in [-0.4, -0.2) is 39.9 Å². The van der Waals surface area contributed by atoms with E-state index < -0.39 is 0 Å². The van der Waals surface area contributed by atoms with Crippen LogP contribution in [0.3, 0.4) is 0 Å². The Hall–Kier alpha value is -9.62. The second-order valence-corrected chi connectivity index (χ2v) is 20.2. The lowest BCUT2D eigenvalue weighted by Gasteiger charge is -2.36. The van der Waals surface area contributed by atoms with Gasteiger partial charge in [0.2, 0.25) is 0 Å². The Balaban J connectivity index is 1.06. The molecule has 2 aliphatic rings. The number of nitrogens with zero attached hydrogens (tertiary/aromatic N) is 10. The Bertz CT molecular complexity index is 3680. The quantitative estimate of drug-likeness (QED) is 0.137. The molecule has 0 atom stereocenters. The molecule has 0 aliphatic carbocycles. The van der Waals surface area contributed by atoms with E-state index in [9.17, 15) is 0 Å². The standard InChI is InChI=1S/C64H40N10S2/c1-5-25-59-55(21-1)73(56-22-2-6-26-60(56)75-59)45-36-42(37-46(38-45)74-57-23-3-7-27-61(57)76-62-28-8-4-24-58(62)74)41-33-43(51-39-53(47-17-9-13-29-65-47)71-63(69-51)49-19-11-15-31-67-49)35-44(34-41)52-40-54(48-18-10-14-30-66-48)72-64(70-52)50-20-12-16-32-68-50/h1-40H. The molecule has 358 valence electrons. The van der Waals surface area contributed by atoms with Gasteiger partial charge >= 0.3 is 0 Å². The molecule has 0 saturated carbocycles. The predicted octanol–water partition coefficient (Wildman–Crippen LogP) is 16.4. The van der Waals surface area contributed by atoms with Crippen molar-refractivity contribution in [2.75, 3.05) is 9.80 Å². The number of hydrogen-bond acceptors (Lipinski definition) is 12. The van der Waals surface area contributed by atoms with Gasteiger partial charge in [-0.05, 0) is 157 Å². The van der Waals surface area contributed by atoms with Crippen LogP contribution in [-0.2, 0) is 0 Å². The van der Waals surface area contributed by atoms with Crippen LogP contribution >= 0.6 is 23.5 Å². The number of anilines is 6. The summed E-state index contributed by atoms with van der Waals surface area (Å²) in [5.41, 5.74) is 15.4. The summed E-state index contributed by atoms with van der Waals surface area (Å²) in [7, 11) is 0. The number of rotatable bonds is 9. The molecule has 12 heteroatoms. The number of hydrogen-bond donors (Lipinski definition) is 0. The summed E-state index contributed by atoms with van der Waals surface area (Å²) in [4.78, 5) is 49.2. The molecule has 0 bridgehead atoms. The molecule has 2 aliphatic heterocycles. The lowest BCUT2D eigenvalue weighted by Crippen LogP contribution is -2.17. The summed E-state index contributed by atoms with van der Waals surface area (Å²) in [5.74, 6) is 0.958. The first-order valence-corrected chi connectivity index (χ1v) is 26.3. The summed E-state index contributed by atoms with van der Waals surface area (Å²) in [6.45, 7) is 0. The molecular formula is C64H40N10S2. The number of pyridine rings is 4. The third-order valence-electron chi connectivity index (χ3n) is 13.2. The van der Waals surface area contributed by atoms with Crippen molar-refractivity contribution in [2.24, 2.45) is 0 Å². The summed E-state index contributed by atoms with van der Waals surface area (Å²) in [6.07, 6.45) is 7.09.